The highest BCUT2D eigenvalue weighted by molar-refractivity contribution is 5.76. The van der Waals surface area contributed by atoms with Crippen LogP contribution < -0.4 is 0 Å². The van der Waals surface area contributed by atoms with E-state index in [2.05, 4.69) is 0 Å². The summed E-state index contributed by atoms with van der Waals surface area (Å²) >= 11 is 0. The molecule has 1 atom stereocenters. The predicted molar refractivity (Wildman–Crippen MR) is 80.1 cm³/mol. The van der Waals surface area contributed by atoms with E-state index >= 15 is 0 Å². The molecule has 0 spiro atoms. The van der Waals surface area contributed by atoms with Crippen LogP contribution in [0, 0.1) is 11.8 Å². The second-order valence-corrected chi connectivity index (χ2v) is 6.03. The second kappa shape index (κ2) is 7.44. The molecule has 0 radical (unpaired) electrons. The molecule has 1 fully saturated rings. The lowest BCUT2D eigenvalue weighted by molar-refractivity contribution is -0.132. The van der Waals surface area contributed by atoms with Crippen LogP contribution in [0.4, 0.5) is 0 Å². The Hall–Kier alpha value is -1.35. The number of amides is 1. The molecule has 1 aromatic carbocycles. The van der Waals surface area contributed by atoms with E-state index in [9.17, 15) is 9.90 Å². The lowest BCUT2D eigenvalue weighted by atomic mass is 10.1. The molecule has 0 aliphatic heterocycles. The van der Waals surface area contributed by atoms with Crippen molar-refractivity contribution in [3.8, 4) is 0 Å². The van der Waals surface area contributed by atoms with Gasteiger partial charge >= 0.3 is 0 Å². The maximum Gasteiger partial charge on any atom is 0.222 e. The highest BCUT2D eigenvalue weighted by Gasteiger charge is 2.24. The summed E-state index contributed by atoms with van der Waals surface area (Å²) in [4.78, 5) is 14.3. The van der Waals surface area contributed by atoms with Gasteiger partial charge in [-0.3, -0.25) is 4.79 Å². The van der Waals surface area contributed by atoms with Crippen molar-refractivity contribution in [1.82, 2.24) is 4.90 Å². The molecule has 0 unspecified atom stereocenters. The minimum Gasteiger partial charge on any atom is -0.396 e. The Morgan fingerprint density at radius 1 is 1.35 bits per heavy atom. The maximum absolute atomic E-state index is 12.4. The molecule has 20 heavy (non-hydrogen) atoms. The molecule has 1 saturated carbocycles. The van der Waals surface area contributed by atoms with Gasteiger partial charge in [0.15, 0.2) is 0 Å². The molecule has 1 aliphatic rings. The first kappa shape index (κ1) is 15.0. The second-order valence-electron chi connectivity index (χ2n) is 6.03. The fraction of sp³-hybridized carbons (Fsp3) is 0.588. The Labute approximate surface area is 121 Å². The fourth-order valence-electron chi connectivity index (χ4n) is 2.38. The van der Waals surface area contributed by atoms with Crippen LogP contribution in [-0.2, 0) is 11.3 Å². The number of carbonyl (C=O) groups is 1. The summed E-state index contributed by atoms with van der Waals surface area (Å²) in [6.07, 6.45) is 4.26. The summed E-state index contributed by atoms with van der Waals surface area (Å²) in [7, 11) is 0. The Morgan fingerprint density at radius 2 is 2.05 bits per heavy atom. The van der Waals surface area contributed by atoms with Gasteiger partial charge in [-0.25, -0.2) is 0 Å². The van der Waals surface area contributed by atoms with E-state index in [0.717, 1.165) is 17.9 Å². The molecular formula is C17H25NO2. The summed E-state index contributed by atoms with van der Waals surface area (Å²) < 4.78 is 0. The van der Waals surface area contributed by atoms with Crippen molar-refractivity contribution in [3.05, 3.63) is 35.9 Å². The highest BCUT2D eigenvalue weighted by atomic mass is 16.3. The third-order valence-electron chi connectivity index (χ3n) is 3.88. The zero-order chi connectivity index (χ0) is 14.4. The molecule has 3 nitrogen and oxygen atoms in total. The van der Waals surface area contributed by atoms with Crippen LogP contribution in [0.25, 0.3) is 0 Å². The van der Waals surface area contributed by atoms with Gasteiger partial charge in [-0.05, 0) is 23.8 Å². The van der Waals surface area contributed by atoms with Crippen molar-refractivity contribution < 1.29 is 9.90 Å². The monoisotopic (exact) mass is 275 g/mol. The van der Waals surface area contributed by atoms with Crippen molar-refractivity contribution in [3.63, 3.8) is 0 Å². The number of hydrogen-bond donors (Lipinski definition) is 1. The molecule has 0 saturated heterocycles. The molecule has 0 aromatic heterocycles. The van der Waals surface area contributed by atoms with Gasteiger partial charge in [0.05, 0.1) is 0 Å². The smallest absolute Gasteiger partial charge is 0.222 e. The summed E-state index contributed by atoms with van der Waals surface area (Å²) in [5, 5.41) is 9.22. The zero-order valence-electron chi connectivity index (χ0n) is 12.3. The summed E-state index contributed by atoms with van der Waals surface area (Å²) in [5.74, 6) is 1.14. The first-order chi connectivity index (χ1) is 9.69. The molecule has 1 aliphatic carbocycles. The number of rotatable bonds is 8. The minimum atomic E-state index is 0.126. The van der Waals surface area contributed by atoms with Crippen LogP contribution in [0.1, 0.15) is 38.2 Å². The molecule has 110 valence electrons. The number of nitrogens with zero attached hydrogens (tertiary/aromatic N) is 1. The number of benzene rings is 1. The van der Waals surface area contributed by atoms with Crippen molar-refractivity contribution in [2.24, 2.45) is 11.8 Å². The Kier molecular flexibility index (Phi) is 5.60. The van der Waals surface area contributed by atoms with Crippen LogP contribution in [0.15, 0.2) is 30.3 Å². The lowest BCUT2D eigenvalue weighted by Crippen LogP contribution is -2.35. The maximum atomic E-state index is 12.4. The number of aliphatic hydroxyl groups is 1. The van der Waals surface area contributed by atoms with E-state index in [0.29, 0.717) is 19.5 Å². The van der Waals surface area contributed by atoms with E-state index in [1.807, 2.05) is 42.2 Å². The number of aliphatic hydroxyl groups excluding tert-OH is 1. The fourth-order valence-corrected chi connectivity index (χ4v) is 2.38. The normalized spacial score (nSPS) is 15.9. The largest absolute Gasteiger partial charge is 0.396 e. The number of hydrogen-bond acceptors (Lipinski definition) is 2. The Bertz CT molecular complexity index is 414. The van der Waals surface area contributed by atoms with Crippen LogP contribution in [0.2, 0.25) is 0 Å². The van der Waals surface area contributed by atoms with Crippen LogP contribution in [0.3, 0.4) is 0 Å². The van der Waals surface area contributed by atoms with Gasteiger partial charge in [0.2, 0.25) is 5.91 Å². The van der Waals surface area contributed by atoms with E-state index in [1.54, 1.807) is 0 Å². The first-order valence-corrected chi connectivity index (χ1v) is 7.61. The van der Waals surface area contributed by atoms with E-state index in [4.69, 9.17) is 0 Å². The summed E-state index contributed by atoms with van der Waals surface area (Å²) in [6, 6.07) is 10.1. The average Bonchev–Trinajstić information content (AvgIpc) is 3.29. The van der Waals surface area contributed by atoms with Gasteiger partial charge in [0.25, 0.3) is 0 Å². The van der Waals surface area contributed by atoms with Crippen LogP contribution in [-0.4, -0.2) is 29.1 Å². The molecule has 1 aromatic rings. The quantitative estimate of drug-likeness (QED) is 0.792. The van der Waals surface area contributed by atoms with Gasteiger partial charge in [0, 0.05) is 26.1 Å². The van der Waals surface area contributed by atoms with E-state index in [1.165, 1.54) is 12.8 Å². The third-order valence-corrected chi connectivity index (χ3v) is 3.88. The van der Waals surface area contributed by atoms with Gasteiger partial charge in [0.1, 0.15) is 0 Å². The zero-order valence-corrected chi connectivity index (χ0v) is 12.3. The van der Waals surface area contributed by atoms with Crippen LogP contribution >= 0.6 is 0 Å². The molecule has 1 amide bonds. The lowest BCUT2D eigenvalue weighted by Gasteiger charge is -2.25. The summed E-state index contributed by atoms with van der Waals surface area (Å²) in [5.41, 5.74) is 1.15. The summed E-state index contributed by atoms with van der Waals surface area (Å²) in [6.45, 7) is 3.39. The SMILES string of the molecule is C[C@@H](CO)CN(Cc1ccccc1)C(=O)CCC1CC1. The van der Waals surface area contributed by atoms with Crippen LogP contribution in [0.5, 0.6) is 0 Å². The van der Waals surface area contributed by atoms with Crippen molar-refractivity contribution in [1.29, 1.82) is 0 Å². The van der Waals surface area contributed by atoms with Gasteiger partial charge in [-0.15, -0.1) is 0 Å². The standard InChI is InChI=1S/C17H25NO2/c1-14(13-19)11-18(12-16-5-3-2-4-6-16)17(20)10-9-15-7-8-15/h2-6,14-15,19H,7-13H2,1H3/t14-/m1/s1. The van der Waals surface area contributed by atoms with E-state index < -0.39 is 0 Å². The molecule has 0 heterocycles. The molecule has 1 N–H and O–H groups in total. The predicted octanol–water partition coefficient (Wildman–Crippen LogP) is 2.83. The minimum absolute atomic E-state index is 0.126. The molecule has 3 heteroatoms. The van der Waals surface area contributed by atoms with Gasteiger partial charge < -0.3 is 10.0 Å². The van der Waals surface area contributed by atoms with Gasteiger partial charge in [-0.2, -0.15) is 0 Å². The topological polar surface area (TPSA) is 40.5 Å². The number of carbonyl (C=O) groups excluding carboxylic acids is 1. The average molecular weight is 275 g/mol. The first-order valence-electron chi connectivity index (χ1n) is 7.61. The molecule has 2 rings (SSSR count). The Morgan fingerprint density at radius 3 is 2.65 bits per heavy atom. The molecule has 0 bridgehead atoms. The Balaban J connectivity index is 1.93. The van der Waals surface area contributed by atoms with Crippen molar-refractivity contribution in [2.75, 3.05) is 13.2 Å². The third kappa shape index (κ3) is 4.97. The van der Waals surface area contributed by atoms with E-state index in [-0.39, 0.29) is 18.4 Å². The highest BCUT2D eigenvalue weighted by Crippen LogP contribution is 2.33. The van der Waals surface area contributed by atoms with Gasteiger partial charge in [-0.1, -0.05) is 50.1 Å². The molecular weight excluding hydrogens is 250 g/mol. The van der Waals surface area contributed by atoms with Crippen molar-refractivity contribution >= 4 is 5.91 Å². The van der Waals surface area contributed by atoms with Crippen molar-refractivity contribution in [2.45, 2.75) is 39.2 Å².